The van der Waals surface area contributed by atoms with Gasteiger partial charge in [0, 0.05) is 6.20 Å². The van der Waals surface area contributed by atoms with E-state index in [0.717, 1.165) is 5.69 Å². The lowest BCUT2D eigenvalue weighted by molar-refractivity contribution is 1.32. The van der Waals surface area contributed by atoms with E-state index >= 15 is 0 Å². The number of nitrogens with one attached hydrogen (secondary N) is 1. The van der Waals surface area contributed by atoms with Crippen molar-refractivity contribution in [2.75, 3.05) is 0 Å². The van der Waals surface area contributed by atoms with E-state index in [1.807, 2.05) is 13.1 Å². The highest BCUT2D eigenvalue weighted by atomic mass is 32.1. The molecule has 1 N–H and O–H groups in total. The highest BCUT2D eigenvalue weighted by molar-refractivity contribution is 7.13. The molecule has 10 heavy (non-hydrogen) atoms. The minimum absolute atomic E-state index is 1.10. The average Bonchev–Trinajstić information content (AvgIpc) is 2.41. The first-order valence-electron chi connectivity index (χ1n) is 3.19. The molecule has 0 radical (unpaired) electrons. The van der Waals surface area contributed by atoms with Gasteiger partial charge in [0.05, 0.1) is 15.9 Å². The molecule has 2 nitrogen and oxygen atoms in total. The number of aryl methyl sites for hydroxylation is 2. The minimum atomic E-state index is 1.10. The van der Waals surface area contributed by atoms with Gasteiger partial charge < -0.3 is 4.98 Å². The molecule has 0 fully saturated rings. The van der Waals surface area contributed by atoms with Crippen molar-refractivity contribution in [3.8, 4) is 0 Å². The van der Waals surface area contributed by atoms with Crippen molar-refractivity contribution in [1.82, 2.24) is 9.36 Å². The molecule has 0 aliphatic rings. The molecule has 0 aliphatic carbocycles. The molecule has 0 amide bonds. The van der Waals surface area contributed by atoms with Crippen LogP contribution in [0.25, 0.3) is 10.2 Å². The van der Waals surface area contributed by atoms with Gasteiger partial charge in [-0.05, 0) is 30.9 Å². The summed E-state index contributed by atoms with van der Waals surface area (Å²) in [7, 11) is 0. The maximum absolute atomic E-state index is 4.23. The Morgan fingerprint density at radius 3 is 3.00 bits per heavy atom. The van der Waals surface area contributed by atoms with Crippen LogP contribution in [0.2, 0.25) is 0 Å². The van der Waals surface area contributed by atoms with Crippen molar-refractivity contribution in [1.29, 1.82) is 0 Å². The summed E-state index contributed by atoms with van der Waals surface area (Å²) in [5, 5.41) is 0. The van der Waals surface area contributed by atoms with Crippen molar-refractivity contribution < 1.29 is 0 Å². The monoisotopic (exact) mass is 152 g/mol. The fourth-order valence-corrected chi connectivity index (χ4v) is 1.88. The third-order valence-electron chi connectivity index (χ3n) is 1.65. The number of aromatic nitrogens is 2. The summed E-state index contributed by atoms with van der Waals surface area (Å²) >= 11 is 1.57. The van der Waals surface area contributed by atoms with Crippen LogP contribution in [0.15, 0.2) is 6.20 Å². The van der Waals surface area contributed by atoms with Gasteiger partial charge in [0.2, 0.25) is 0 Å². The molecule has 52 valence electrons. The second-order valence-corrected chi connectivity index (χ2v) is 3.22. The number of hydrogen-bond acceptors (Lipinski definition) is 2. The molecule has 2 aromatic heterocycles. The number of nitrogens with zero attached hydrogens (tertiary/aromatic N) is 1. The predicted octanol–water partition coefficient (Wildman–Crippen LogP) is 2.24. The number of H-pyrrole nitrogens is 1. The highest BCUT2D eigenvalue weighted by Crippen LogP contribution is 2.23. The van der Waals surface area contributed by atoms with E-state index in [-0.39, 0.29) is 0 Å². The summed E-state index contributed by atoms with van der Waals surface area (Å²) in [4.78, 5) is 3.18. The summed E-state index contributed by atoms with van der Waals surface area (Å²) in [6.07, 6.45) is 2.02. The van der Waals surface area contributed by atoms with Crippen LogP contribution in [-0.2, 0) is 0 Å². The Morgan fingerprint density at radius 1 is 1.50 bits per heavy atom. The molecule has 2 rings (SSSR count). The van der Waals surface area contributed by atoms with Gasteiger partial charge in [-0.25, -0.2) is 0 Å². The molecule has 0 aromatic carbocycles. The second-order valence-electron chi connectivity index (χ2n) is 2.44. The van der Waals surface area contributed by atoms with E-state index in [0.29, 0.717) is 0 Å². The molecule has 2 aromatic rings. The van der Waals surface area contributed by atoms with E-state index < -0.39 is 0 Å². The average molecular weight is 152 g/mol. The zero-order valence-corrected chi connectivity index (χ0v) is 6.75. The van der Waals surface area contributed by atoms with Crippen LogP contribution in [0.1, 0.15) is 11.3 Å². The summed E-state index contributed by atoms with van der Waals surface area (Å²) in [5.41, 5.74) is 3.59. The van der Waals surface area contributed by atoms with Crippen molar-refractivity contribution in [2.24, 2.45) is 0 Å². The lowest BCUT2D eigenvalue weighted by Crippen LogP contribution is -1.67. The molecular weight excluding hydrogens is 144 g/mol. The van der Waals surface area contributed by atoms with Gasteiger partial charge in [0.1, 0.15) is 0 Å². The molecule has 0 bridgehead atoms. The molecule has 0 saturated heterocycles. The molecular formula is C7H8N2S. The highest BCUT2D eigenvalue weighted by Gasteiger charge is 2.04. The van der Waals surface area contributed by atoms with Crippen molar-refractivity contribution in [2.45, 2.75) is 13.8 Å². The van der Waals surface area contributed by atoms with Crippen LogP contribution in [0.4, 0.5) is 0 Å². The molecule has 0 unspecified atom stereocenters. The van der Waals surface area contributed by atoms with Gasteiger partial charge in [0.15, 0.2) is 0 Å². The fraction of sp³-hybridized carbons (Fsp3) is 0.286. The third-order valence-corrected chi connectivity index (χ3v) is 2.73. The van der Waals surface area contributed by atoms with Crippen LogP contribution in [-0.4, -0.2) is 9.36 Å². The quantitative estimate of drug-likeness (QED) is 0.616. The SMILES string of the molecule is Cc1nsc2c(C)c[nH]c12. The molecule has 0 saturated carbocycles. The Hall–Kier alpha value is -0.830. The van der Waals surface area contributed by atoms with Gasteiger partial charge in [-0.15, -0.1) is 0 Å². The minimum Gasteiger partial charge on any atom is -0.359 e. The topological polar surface area (TPSA) is 28.7 Å². The molecule has 3 heteroatoms. The Labute approximate surface area is 63.1 Å². The Kier molecular flexibility index (Phi) is 1.08. The smallest absolute Gasteiger partial charge is 0.0800 e. The van der Waals surface area contributed by atoms with Crippen LogP contribution >= 0.6 is 11.5 Å². The van der Waals surface area contributed by atoms with Crippen LogP contribution in [0.5, 0.6) is 0 Å². The number of rotatable bonds is 0. The zero-order valence-electron chi connectivity index (χ0n) is 5.93. The molecule has 0 aliphatic heterocycles. The number of aromatic amines is 1. The van der Waals surface area contributed by atoms with E-state index in [1.54, 1.807) is 11.5 Å². The first kappa shape index (κ1) is 5.92. The van der Waals surface area contributed by atoms with Gasteiger partial charge in [-0.2, -0.15) is 4.37 Å². The third kappa shape index (κ3) is 0.609. The fourth-order valence-electron chi connectivity index (χ4n) is 1.05. The maximum Gasteiger partial charge on any atom is 0.0800 e. The lowest BCUT2D eigenvalue weighted by Gasteiger charge is -1.76. The Morgan fingerprint density at radius 2 is 2.30 bits per heavy atom. The van der Waals surface area contributed by atoms with Crippen LogP contribution in [0, 0.1) is 13.8 Å². The largest absolute Gasteiger partial charge is 0.359 e. The van der Waals surface area contributed by atoms with E-state index in [4.69, 9.17) is 0 Å². The zero-order chi connectivity index (χ0) is 7.14. The van der Waals surface area contributed by atoms with E-state index in [2.05, 4.69) is 16.3 Å². The van der Waals surface area contributed by atoms with Crippen molar-refractivity contribution in [3.63, 3.8) is 0 Å². The molecule has 0 atom stereocenters. The summed E-state index contributed by atoms with van der Waals surface area (Å²) in [5.74, 6) is 0. The van der Waals surface area contributed by atoms with Gasteiger partial charge >= 0.3 is 0 Å². The lowest BCUT2D eigenvalue weighted by atomic mass is 10.3. The second kappa shape index (κ2) is 1.83. The number of fused-ring (bicyclic) bond motifs is 1. The summed E-state index contributed by atoms with van der Waals surface area (Å²) in [6.45, 7) is 4.12. The van der Waals surface area contributed by atoms with E-state index in [1.165, 1.54) is 15.8 Å². The maximum atomic E-state index is 4.23. The normalized spacial score (nSPS) is 11.0. The predicted molar refractivity (Wildman–Crippen MR) is 43.4 cm³/mol. The Bertz CT molecular complexity index is 322. The molecule has 0 spiro atoms. The van der Waals surface area contributed by atoms with Gasteiger partial charge in [-0.1, -0.05) is 0 Å². The summed E-state index contributed by atoms with van der Waals surface area (Å²) < 4.78 is 5.52. The first-order chi connectivity index (χ1) is 4.79. The Balaban J connectivity index is 2.95. The van der Waals surface area contributed by atoms with E-state index in [9.17, 15) is 0 Å². The van der Waals surface area contributed by atoms with Gasteiger partial charge in [-0.3, -0.25) is 0 Å². The number of hydrogen-bond donors (Lipinski definition) is 1. The first-order valence-corrected chi connectivity index (χ1v) is 3.96. The van der Waals surface area contributed by atoms with Gasteiger partial charge in [0.25, 0.3) is 0 Å². The van der Waals surface area contributed by atoms with Crippen molar-refractivity contribution >= 4 is 21.7 Å². The summed E-state index contributed by atoms with van der Waals surface area (Å²) in [6, 6.07) is 0. The van der Waals surface area contributed by atoms with Crippen LogP contribution < -0.4 is 0 Å². The standard InChI is InChI=1S/C7H8N2S/c1-4-3-8-6-5(2)9-10-7(4)6/h3,8H,1-2H3. The van der Waals surface area contributed by atoms with Crippen LogP contribution in [0.3, 0.4) is 0 Å². The molecule has 2 heterocycles. The van der Waals surface area contributed by atoms with Crippen molar-refractivity contribution in [3.05, 3.63) is 17.5 Å².